The van der Waals surface area contributed by atoms with E-state index in [9.17, 15) is 9.59 Å². The smallest absolute Gasteiger partial charge is 0.321 e. The Bertz CT molecular complexity index is 449. The molecule has 0 bridgehead atoms. The van der Waals surface area contributed by atoms with Gasteiger partial charge in [0, 0.05) is 18.8 Å². The third-order valence-corrected chi connectivity index (χ3v) is 2.64. The highest BCUT2D eigenvalue weighted by atomic mass is 16.4. The quantitative estimate of drug-likeness (QED) is 0.568. The number of carboxylic acid groups (broad SMARTS) is 1. The topological polar surface area (TPSA) is 104 Å². The number of hydrogen-bond donors (Lipinski definition) is 4. The summed E-state index contributed by atoms with van der Waals surface area (Å²) in [5.41, 5.74) is 6.91. The summed E-state index contributed by atoms with van der Waals surface area (Å²) in [5, 5.41) is 14.4. The number of benzene rings is 1. The van der Waals surface area contributed by atoms with Gasteiger partial charge in [-0.1, -0.05) is 18.2 Å². The lowest BCUT2D eigenvalue weighted by molar-refractivity contribution is -0.141. The standard InChI is InChI=1S/C13H19N3O3/c1-9-4-2-3-5-10(9)16-12(17)8-11(13(18)19)15-7-6-14/h2-5,11,15H,6-8,14H2,1H3,(H,16,17)(H,18,19)/t11-/m1/s1. The van der Waals surface area contributed by atoms with Crippen LogP contribution in [0.25, 0.3) is 0 Å². The van der Waals surface area contributed by atoms with E-state index in [2.05, 4.69) is 10.6 Å². The highest BCUT2D eigenvalue weighted by Gasteiger charge is 2.20. The monoisotopic (exact) mass is 265 g/mol. The fraction of sp³-hybridized carbons (Fsp3) is 0.385. The van der Waals surface area contributed by atoms with Crippen molar-refractivity contribution in [3.8, 4) is 0 Å². The molecule has 0 radical (unpaired) electrons. The molecule has 0 spiro atoms. The molecule has 0 saturated carbocycles. The molecule has 0 saturated heterocycles. The van der Waals surface area contributed by atoms with E-state index in [-0.39, 0.29) is 12.3 Å². The minimum atomic E-state index is -1.06. The van der Waals surface area contributed by atoms with Crippen LogP contribution in [0.4, 0.5) is 5.69 Å². The highest BCUT2D eigenvalue weighted by Crippen LogP contribution is 2.13. The number of para-hydroxylation sites is 1. The minimum Gasteiger partial charge on any atom is -0.480 e. The van der Waals surface area contributed by atoms with E-state index in [1.165, 1.54) is 0 Å². The summed E-state index contributed by atoms with van der Waals surface area (Å²) >= 11 is 0. The molecule has 1 amide bonds. The lowest BCUT2D eigenvalue weighted by Gasteiger charge is -2.14. The van der Waals surface area contributed by atoms with Crippen molar-refractivity contribution in [2.45, 2.75) is 19.4 Å². The number of carbonyl (C=O) groups is 2. The van der Waals surface area contributed by atoms with Gasteiger partial charge in [-0.2, -0.15) is 0 Å². The predicted molar refractivity (Wildman–Crippen MR) is 72.9 cm³/mol. The van der Waals surface area contributed by atoms with Crippen LogP contribution < -0.4 is 16.4 Å². The normalized spacial score (nSPS) is 11.9. The van der Waals surface area contributed by atoms with Crippen LogP contribution in [0.5, 0.6) is 0 Å². The van der Waals surface area contributed by atoms with Crippen LogP contribution in [0.1, 0.15) is 12.0 Å². The van der Waals surface area contributed by atoms with Gasteiger partial charge in [0.25, 0.3) is 0 Å². The average Bonchev–Trinajstić information content (AvgIpc) is 2.37. The van der Waals surface area contributed by atoms with Crippen LogP contribution in [0.2, 0.25) is 0 Å². The SMILES string of the molecule is Cc1ccccc1NC(=O)C[C@@H](NCCN)C(=O)O. The molecule has 5 N–H and O–H groups in total. The number of hydrogen-bond acceptors (Lipinski definition) is 4. The van der Waals surface area contributed by atoms with E-state index >= 15 is 0 Å². The first-order chi connectivity index (χ1) is 9.04. The highest BCUT2D eigenvalue weighted by molar-refractivity contribution is 5.94. The molecule has 19 heavy (non-hydrogen) atoms. The Morgan fingerprint density at radius 1 is 1.37 bits per heavy atom. The molecule has 104 valence electrons. The van der Waals surface area contributed by atoms with Gasteiger partial charge in [-0.15, -0.1) is 0 Å². The molecule has 0 aromatic heterocycles. The van der Waals surface area contributed by atoms with Gasteiger partial charge in [0.1, 0.15) is 6.04 Å². The Morgan fingerprint density at radius 3 is 2.63 bits per heavy atom. The van der Waals surface area contributed by atoms with Crippen LogP contribution in [-0.4, -0.2) is 36.1 Å². The second-order valence-electron chi connectivity index (χ2n) is 4.20. The van der Waals surface area contributed by atoms with E-state index in [0.29, 0.717) is 18.8 Å². The van der Waals surface area contributed by atoms with Crippen molar-refractivity contribution in [1.29, 1.82) is 0 Å². The van der Waals surface area contributed by atoms with Crippen molar-refractivity contribution >= 4 is 17.6 Å². The first-order valence-electron chi connectivity index (χ1n) is 6.06. The molecule has 0 fully saturated rings. The van der Waals surface area contributed by atoms with Gasteiger partial charge in [-0.25, -0.2) is 0 Å². The van der Waals surface area contributed by atoms with E-state index in [1.54, 1.807) is 6.07 Å². The number of nitrogens with two attached hydrogens (primary N) is 1. The average molecular weight is 265 g/mol. The van der Waals surface area contributed by atoms with E-state index in [4.69, 9.17) is 10.8 Å². The number of carboxylic acids is 1. The molecule has 1 rings (SSSR count). The van der Waals surface area contributed by atoms with Gasteiger partial charge >= 0.3 is 5.97 Å². The lowest BCUT2D eigenvalue weighted by Crippen LogP contribution is -2.41. The van der Waals surface area contributed by atoms with Crippen LogP contribution in [0, 0.1) is 6.92 Å². The molecule has 0 aliphatic rings. The molecule has 1 atom stereocenters. The second-order valence-corrected chi connectivity index (χ2v) is 4.20. The number of rotatable bonds is 7. The zero-order valence-electron chi connectivity index (χ0n) is 10.8. The molecule has 6 nitrogen and oxygen atoms in total. The largest absolute Gasteiger partial charge is 0.480 e. The zero-order chi connectivity index (χ0) is 14.3. The summed E-state index contributed by atoms with van der Waals surface area (Å²) < 4.78 is 0. The van der Waals surface area contributed by atoms with Gasteiger partial charge < -0.3 is 21.5 Å². The molecule has 0 unspecified atom stereocenters. The van der Waals surface area contributed by atoms with Crippen LogP contribution in [-0.2, 0) is 9.59 Å². The summed E-state index contributed by atoms with van der Waals surface area (Å²) in [6.07, 6.45) is -0.135. The van der Waals surface area contributed by atoms with Gasteiger partial charge in [0.15, 0.2) is 0 Å². The van der Waals surface area contributed by atoms with Crippen molar-refractivity contribution in [3.63, 3.8) is 0 Å². The predicted octanol–water partition coefficient (Wildman–Crippen LogP) is 0.325. The Balaban J connectivity index is 2.58. The van der Waals surface area contributed by atoms with Crippen molar-refractivity contribution in [2.24, 2.45) is 5.73 Å². The fourth-order valence-corrected chi connectivity index (χ4v) is 1.60. The second kappa shape index (κ2) is 7.50. The third kappa shape index (κ3) is 5.07. The van der Waals surface area contributed by atoms with Gasteiger partial charge in [0.05, 0.1) is 6.42 Å². The van der Waals surface area contributed by atoms with Crippen LogP contribution in [0.15, 0.2) is 24.3 Å². The summed E-state index contributed by atoms with van der Waals surface area (Å²) in [6.45, 7) is 2.55. The van der Waals surface area contributed by atoms with Crippen molar-refractivity contribution < 1.29 is 14.7 Å². The minimum absolute atomic E-state index is 0.135. The van der Waals surface area contributed by atoms with Crippen LogP contribution in [0.3, 0.4) is 0 Å². The first-order valence-corrected chi connectivity index (χ1v) is 6.06. The number of amides is 1. The fourth-order valence-electron chi connectivity index (χ4n) is 1.60. The van der Waals surface area contributed by atoms with Crippen molar-refractivity contribution in [1.82, 2.24) is 5.32 Å². The van der Waals surface area contributed by atoms with Crippen molar-refractivity contribution in [3.05, 3.63) is 29.8 Å². The number of anilines is 1. The summed E-state index contributed by atoms with van der Waals surface area (Å²) in [6, 6.07) is 6.40. The molecule has 0 aliphatic heterocycles. The Kier molecular flexibility index (Phi) is 5.98. The van der Waals surface area contributed by atoms with E-state index in [1.807, 2.05) is 25.1 Å². The Labute approximate surface area is 112 Å². The number of carbonyl (C=O) groups excluding carboxylic acids is 1. The Morgan fingerprint density at radius 2 is 2.05 bits per heavy atom. The molecule has 1 aromatic rings. The third-order valence-electron chi connectivity index (χ3n) is 2.64. The van der Waals surface area contributed by atoms with Crippen LogP contribution >= 0.6 is 0 Å². The summed E-state index contributed by atoms with van der Waals surface area (Å²) in [5.74, 6) is -1.40. The van der Waals surface area contributed by atoms with E-state index < -0.39 is 12.0 Å². The number of aryl methyl sites for hydroxylation is 1. The maximum Gasteiger partial charge on any atom is 0.321 e. The maximum absolute atomic E-state index is 11.8. The first kappa shape index (κ1) is 15.1. The molecule has 6 heteroatoms. The summed E-state index contributed by atoms with van der Waals surface area (Å²) in [4.78, 5) is 22.8. The molecular weight excluding hydrogens is 246 g/mol. The zero-order valence-corrected chi connectivity index (χ0v) is 10.8. The molecule has 0 aliphatic carbocycles. The lowest BCUT2D eigenvalue weighted by atomic mass is 10.1. The van der Waals surface area contributed by atoms with Gasteiger partial charge in [0.2, 0.25) is 5.91 Å². The molecule has 1 aromatic carbocycles. The number of nitrogens with one attached hydrogen (secondary N) is 2. The van der Waals surface area contributed by atoms with E-state index in [0.717, 1.165) is 5.56 Å². The Hall–Kier alpha value is -1.92. The van der Waals surface area contributed by atoms with Gasteiger partial charge in [-0.3, -0.25) is 9.59 Å². The number of aliphatic carboxylic acids is 1. The van der Waals surface area contributed by atoms with Crippen molar-refractivity contribution in [2.75, 3.05) is 18.4 Å². The summed E-state index contributed by atoms with van der Waals surface area (Å²) in [7, 11) is 0. The molecule has 0 heterocycles. The molecular formula is C13H19N3O3. The van der Waals surface area contributed by atoms with Gasteiger partial charge in [-0.05, 0) is 18.6 Å². The maximum atomic E-state index is 11.8.